The van der Waals surface area contributed by atoms with Gasteiger partial charge in [0.05, 0.1) is 19.0 Å². The van der Waals surface area contributed by atoms with Gasteiger partial charge in [-0.05, 0) is 12.1 Å². The molecule has 0 aromatic carbocycles. The minimum absolute atomic E-state index is 0.193. The number of hydrogen-bond acceptors (Lipinski definition) is 7. The molecule has 95 valence electrons. The molecule has 1 aromatic rings. The van der Waals surface area contributed by atoms with Gasteiger partial charge in [0.15, 0.2) is 0 Å². The van der Waals surface area contributed by atoms with E-state index in [0.717, 1.165) is 7.41 Å². The van der Waals surface area contributed by atoms with Gasteiger partial charge in [-0.3, -0.25) is 4.79 Å². The van der Waals surface area contributed by atoms with Gasteiger partial charge in [0.1, 0.15) is 11.9 Å². The van der Waals surface area contributed by atoms with Gasteiger partial charge in [0.25, 0.3) is 7.41 Å². The van der Waals surface area contributed by atoms with Gasteiger partial charge >= 0.3 is 5.97 Å². The highest BCUT2D eigenvalue weighted by atomic mass is 16.5. The van der Waals surface area contributed by atoms with E-state index >= 15 is 0 Å². The van der Waals surface area contributed by atoms with Crippen LogP contribution in [-0.2, 0) is 14.3 Å². The van der Waals surface area contributed by atoms with Crippen LogP contribution in [0.3, 0.4) is 0 Å². The molecule has 0 aliphatic carbocycles. The van der Waals surface area contributed by atoms with Crippen LogP contribution >= 0.6 is 0 Å². The summed E-state index contributed by atoms with van der Waals surface area (Å²) in [6.45, 7) is 0.193. The maximum absolute atomic E-state index is 11.4. The van der Waals surface area contributed by atoms with E-state index in [1.165, 1.54) is 7.11 Å². The van der Waals surface area contributed by atoms with Crippen molar-refractivity contribution >= 4 is 31.1 Å². The van der Waals surface area contributed by atoms with Gasteiger partial charge in [-0.2, -0.15) is 0 Å². The fraction of sp³-hybridized carbons (Fsp3) is 0.300. The summed E-state index contributed by atoms with van der Waals surface area (Å²) < 4.78 is 4.60. The quantitative estimate of drug-likeness (QED) is 0.324. The van der Waals surface area contributed by atoms with E-state index in [9.17, 15) is 9.59 Å². The van der Waals surface area contributed by atoms with Crippen molar-refractivity contribution < 1.29 is 14.3 Å². The predicted octanol–water partition coefficient (Wildman–Crippen LogP) is -0.984. The van der Waals surface area contributed by atoms with Crippen LogP contribution in [0.1, 0.15) is 0 Å². The number of hydrogen-bond donors (Lipinski definition) is 3. The number of nitrogens with one attached hydrogen (secondary N) is 2. The van der Waals surface area contributed by atoms with E-state index in [1.54, 1.807) is 18.3 Å². The monoisotopic (exact) mass is 249 g/mol. The Hall–Kier alpha value is -2.09. The van der Waals surface area contributed by atoms with Gasteiger partial charge < -0.3 is 25.8 Å². The first kappa shape index (κ1) is 14.0. The number of nitrogen functional groups attached to an aromatic ring is 1. The van der Waals surface area contributed by atoms with Crippen LogP contribution in [0.4, 0.5) is 11.5 Å². The van der Waals surface area contributed by atoms with E-state index in [-0.39, 0.29) is 6.54 Å². The Balaban J connectivity index is 2.58. The summed E-state index contributed by atoms with van der Waals surface area (Å²) in [6, 6.07) is 2.70. The van der Waals surface area contributed by atoms with Crippen LogP contribution in [0.15, 0.2) is 18.3 Å². The summed E-state index contributed by atoms with van der Waals surface area (Å²) in [7, 11) is 2.40. The molecule has 1 atom stereocenters. The van der Waals surface area contributed by atoms with E-state index in [0.29, 0.717) is 17.7 Å². The second kappa shape index (κ2) is 7.28. The number of carbonyl (C=O) groups excluding carboxylic acids is 2. The van der Waals surface area contributed by atoms with Crippen molar-refractivity contribution in [3.05, 3.63) is 18.3 Å². The number of esters is 1. The van der Waals surface area contributed by atoms with Crippen LogP contribution in [0.2, 0.25) is 0 Å². The molecule has 18 heavy (non-hydrogen) atoms. The van der Waals surface area contributed by atoms with Crippen molar-refractivity contribution in [3.8, 4) is 0 Å². The number of aromatic nitrogens is 1. The summed E-state index contributed by atoms with van der Waals surface area (Å²) in [5, 5.41) is 5.51. The lowest BCUT2D eigenvalue weighted by atomic mass is 9.96. The molecule has 7 nitrogen and oxygen atoms in total. The Morgan fingerprint density at radius 1 is 1.72 bits per heavy atom. The molecular formula is C10H14BN4O3. The maximum Gasteiger partial charge on any atom is 0.323 e. The first-order valence-corrected chi connectivity index (χ1v) is 5.24. The average molecular weight is 249 g/mol. The van der Waals surface area contributed by atoms with Crippen LogP contribution in [0, 0.1) is 0 Å². The number of anilines is 2. The average Bonchev–Trinajstić information content (AvgIpc) is 2.40. The van der Waals surface area contributed by atoms with Crippen molar-refractivity contribution in [2.75, 3.05) is 24.7 Å². The van der Waals surface area contributed by atoms with Crippen molar-refractivity contribution in [1.82, 2.24) is 10.2 Å². The van der Waals surface area contributed by atoms with Crippen LogP contribution in [0.5, 0.6) is 0 Å². The third kappa shape index (κ3) is 4.06. The number of ether oxygens (including phenoxy) is 1. The van der Waals surface area contributed by atoms with Crippen molar-refractivity contribution in [2.45, 2.75) is 6.04 Å². The van der Waals surface area contributed by atoms with Crippen molar-refractivity contribution in [2.24, 2.45) is 0 Å². The molecule has 0 spiro atoms. The molecule has 4 N–H and O–H groups in total. The second-order valence-electron chi connectivity index (χ2n) is 3.37. The summed E-state index contributed by atoms with van der Waals surface area (Å²) >= 11 is 0. The van der Waals surface area contributed by atoms with Gasteiger partial charge in [-0.1, -0.05) is 0 Å². The second-order valence-corrected chi connectivity index (χ2v) is 3.37. The number of nitrogens with two attached hydrogens (primary N) is 1. The Kier molecular flexibility index (Phi) is 5.65. The Labute approximate surface area is 105 Å². The van der Waals surface area contributed by atoms with Gasteiger partial charge in [-0.25, -0.2) is 4.98 Å². The molecule has 0 saturated carbocycles. The molecule has 0 amide bonds. The summed E-state index contributed by atoms with van der Waals surface area (Å²) in [5.41, 5.74) is 6.16. The number of rotatable bonds is 7. The van der Waals surface area contributed by atoms with Crippen molar-refractivity contribution in [3.63, 3.8) is 0 Å². The lowest BCUT2D eigenvalue weighted by Crippen LogP contribution is -2.45. The van der Waals surface area contributed by atoms with E-state index < -0.39 is 12.0 Å². The number of carbonyl (C=O) groups is 2. The highest BCUT2D eigenvalue weighted by Crippen LogP contribution is 2.12. The van der Waals surface area contributed by atoms with E-state index in [2.05, 4.69) is 20.3 Å². The molecule has 0 bridgehead atoms. The number of methoxy groups -OCH3 is 1. The van der Waals surface area contributed by atoms with Crippen LogP contribution in [-0.4, -0.2) is 44.2 Å². The van der Waals surface area contributed by atoms with Gasteiger partial charge in [-0.15, -0.1) is 0 Å². The normalized spacial score (nSPS) is 11.4. The van der Waals surface area contributed by atoms with Crippen LogP contribution in [0.25, 0.3) is 0 Å². The summed E-state index contributed by atoms with van der Waals surface area (Å²) in [4.78, 5) is 25.7. The molecule has 0 saturated heterocycles. The van der Waals surface area contributed by atoms with Gasteiger partial charge in [0.2, 0.25) is 0 Å². The minimum atomic E-state index is -0.693. The molecular weight excluding hydrogens is 235 g/mol. The molecule has 1 heterocycles. The van der Waals surface area contributed by atoms with E-state index in [4.69, 9.17) is 5.73 Å². The molecule has 1 aromatic heterocycles. The smallest absolute Gasteiger partial charge is 0.323 e. The standard InChI is InChI=1S/C10H14BN4O3/c1-18-10(17)8(15-11-6-16)5-14-9-7(12)3-2-4-13-9/h2-4,6,8,15H,5,12H2,1H3,(H,13,14)/t8-/m0/s1. The molecule has 0 unspecified atom stereocenters. The predicted molar refractivity (Wildman–Crippen MR) is 68.6 cm³/mol. The summed E-state index contributed by atoms with van der Waals surface area (Å²) in [5.74, 6) is -0.0191. The number of nitrogens with zero attached hydrogens (tertiary/aromatic N) is 1. The third-order valence-electron chi connectivity index (χ3n) is 2.16. The van der Waals surface area contributed by atoms with Crippen molar-refractivity contribution in [1.29, 1.82) is 0 Å². The zero-order chi connectivity index (χ0) is 13.4. The lowest BCUT2D eigenvalue weighted by molar-refractivity contribution is -0.142. The molecule has 0 fully saturated rings. The molecule has 0 aliphatic rings. The Morgan fingerprint density at radius 2 is 2.50 bits per heavy atom. The molecule has 0 aliphatic heterocycles. The zero-order valence-corrected chi connectivity index (χ0v) is 9.92. The first-order valence-electron chi connectivity index (χ1n) is 5.24. The fourth-order valence-corrected chi connectivity index (χ4v) is 1.27. The van der Waals surface area contributed by atoms with Crippen LogP contribution < -0.4 is 16.3 Å². The highest BCUT2D eigenvalue weighted by molar-refractivity contribution is 6.64. The molecule has 1 rings (SSSR count). The SMILES string of the molecule is COC(=O)[C@H](CNc1ncccc1N)N[B]C=O. The Morgan fingerprint density at radius 3 is 3.11 bits per heavy atom. The third-order valence-corrected chi connectivity index (χ3v) is 2.16. The van der Waals surface area contributed by atoms with Gasteiger partial charge in [0, 0.05) is 12.7 Å². The fourth-order valence-electron chi connectivity index (χ4n) is 1.27. The first-order chi connectivity index (χ1) is 8.69. The minimum Gasteiger partial charge on any atom is -0.468 e. The molecule has 1 radical (unpaired) electrons. The lowest BCUT2D eigenvalue weighted by Gasteiger charge is -2.16. The zero-order valence-electron chi connectivity index (χ0n) is 9.92. The topological polar surface area (TPSA) is 106 Å². The largest absolute Gasteiger partial charge is 0.468 e. The van der Waals surface area contributed by atoms with E-state index in [1.807, 2.05) is 0 Å². The molecule has 8 heteroatoms. The maximum atomic E-state index is 11.4. The highest BCUT2D eigenvalue weighted by Gasteiger charge is 2.18. The number of pyridine rings is 1. The summed E-state index contributed by atoms with van der Waals surface area (Å²) in [6.07, 6.45) is 2.13. The Bertz CT molecular complexity index is 416.